The summed E-state index contributed by atoms with van der Waals surface area (Å²) < 4.78 is 0. The van der Waals surface area contributed by atoms with Crippen molar-refractivity contribution in [1.82, 2.24) is 0 Å². The molecule has 0 radical (unpaired) electrons. The van der Waals surface area contributed by atoms with Gasteiger partial charge in [-0.3, -0.25) is 4.79 Å². The Bertz CT molecular complexity index is 579. The van der Waals surface area contributed by atoms with Crippen molar-refractivity contribution in [1.29, 1.82) is 0 Å². The predicted molar refractivity (Wildman–Crippen MR) is 78.4 cm³/mol. The average Bonchev–Trinajstić information content (AvgIpc) is 2.83. The van der Waals surface area contributed by atoms with Crippen LogP contribution in [-0.4, -0.2) is 5.91 Å². The van der Waals surface area contributed by atoms with Gasteiger partial charge in [0, 0.05) is 16.0 Å². The normalized spacial score (nSPS) is 10.8. The fourth-order valence-electron chi connectivity index (χ4n) is 1.31. The molecule has 0 saturated heterocycles. The van der Waals surface area contributed by atoms with Crippen LogP contribution in [-0.2, 0) is 4.79 Å². The van der Waals surface area contributed by atoms with Gasteiger partial charge in [-0.05, 0) is 35.7 Å². The highest BCUT2D eigenvalue weighted by Crippen LogP contribution is 2.25. The number of hydrogen-bond acceptors (Lipinski definition) is 2. The zero-order valence-electron chi connectivity index (χ0n) is 9.19. The molecule has 1 amide bonds. The lowest BCUT2D eigenvalue weighted by atomic mass is 10.3. The minimum Gasteiger partial charge on any atom is -0.321 e. The SMILES string of the molecule is O=C(C=Cc1cccs1)Nc1ccc(Cl)cc1Cl. The minimum atomic E-state index is -0.229. The lowest BCUT2D eigenvalue weighted by Gasteiger charge is -2.04. The van der Waals surface area contributed by atoms with Crippen molar-refractivity contribution in [2.45, 2.75) is 0 Å². The van der Waals surface area contributed by atoms with Gasteiger partial charge < -0.3 is 5.32 Å². The molecule has 1 aromatic carbocycles. The summed E-state index contributed by atoms with van der Waals surface area (Å²) in [5, 5.41) is 5.59. The molecule has 2 nitrogen and oxygen atoms in total. The van der Waals surface area contributed by atoms with Crippen molar-refractivity contribution < 1.29 is 4.79 Å². The van der Waals surface area contributed by atoms with E-state index in [2.05, 4.69) is 5.32 Å². The molecule has 0 bridgehead atoms. The van der Waals surface area contributed by atoms with Gasteiger partial charge in [-0.15, -0.1) is 11.3 Å². The number of rotatable bonds is 3. The first-order valence-electron chi connectivity index (χ1n) is 5.13. The van der Waals surface area contributed by atoms with Crippen molar-refractivity contribution in [3.8, 4) is 0 Å². The fraction of sp³-hybridized carbons (Fsp3) is 0. The van der Waals surface area contributed by atoms with Crippen molar-refractivity contribution in [3.05, 3.63) is 56.7 Å². The number of anilines is 1. The van der Waals surface area contributed by atoms with Crippen LogP contribution in [0.1, 0.15) is 4.88 Å². The predicted octanol–water partition coefficient (Wildman–Crippen LogP) is 4.71. The van der Waals surface area contributed by atoms with E-state index in [4.69, 9.17) is 23.2 Å². The van der Waals surface area contributed by atoms with Gasteiger partial charge in [0.05, 0.1) is 10.7 Å². The number of hydrogen-bond donors (Lipinski definition) is 1. The lowest BCUT2D eigenvalue weighted by molar-refractivity contribution is -0.111. The first-order valence-corrected chi connectivity index (χ1v) is 6.76. The largest absolute Gasteiger partial charge is 0.321 e. The quantitative estimate of drug-likeness (QED) is 0.817. The molecule has 0 aliphatic carbocycles. The lowest BCUT2D eigenvalue weighted by Crippen LogP contribution is -2.07. The molecule has 2 rings (SSSR count). The average molecular weight is 298 g/mol. The van der Waals surface area contributed by atoms with Crippen LogP contribution in [0.2, 0.25) is 10.0 Å². The van der Waals surface area contributed by atoms with Crippen LogP contribution in [0.4, 0.5) is 5.69 Å². The first kappa shape index (κ1) is 13.1. The molecular formula is C13H9Cl2NOS. The van der Waals surface area contributed by atoms with Crippen molar-refractivity contribution in [3.63, 3.8) is 0 Å². The molecule has 18 heavy (non-hydrogen) atoms. The van der Waals surface area contributed by atoms with Crippen LogP contribution < -0.4 is 5.32 Å². The van der Waals surface area contributed by atoms with Crippen LogP contribution in [0.25, 0.3) is 6.08 Å². The van der Waals surface area contributed by atoms with Crippen LogP contribution in [0.3, 0.4) is 0 Å². The summed E-state index contributed by atoms with van der Waals surface area (Å²) in [6.45, 7) is 0. The third-order valence-corrected chi connectivity index (χ3v) is 3.52. The van der Waals surface area contributed by atoms with Crippen molar-refractivity contribution >= 4 is 52.2 Å². The Balaban J connectivity index is 2.03. The molecule has 0 unspecified atom stereocenters. The Morgan fingerprint density at radius 3 is 2.78 bits per heavy atom. The summed E-state index contributed by atoms with van der Waals surface area (Å²) in [5.41, 5.74) is 0.543. The fourth-order valence-corrected chi connectivity index (χ4v) is 2.38. The molecule has 1 aromatic heterocycles. The summed E-state index contributed by atoms with van der Waals surface area (Å²) in [6, 6.07) is 8.79. The first-order chi connectivity index (χ1) is 8.65. The number of thiophene rings is 1. The zero-order chi connectivity index (χ0) is 13.0. The molecule has 0 saturated carbocycles. The number of halogens is 2. The van der Waals surface area contributed by atoms with Gasteiger partial charge >= 0.3 is 0 Å². The van der Waals surface area contributed by atoms with E-state index < -0.39 is 0 Å². The van der Waals surface area contributed by atoms with E-state index in [-0.39, 0.29) is 5.91 Å². The molecular weight excluding hydrogens is 289 g/mol. The topological polar surface area (TPSA) is 29.1 Å². The summed E-state index contributed by atoms with van der Waals surface area (Å²) in [5.74, 6) is -0.229. The molecule has 1 N–H and O–H groups in total. The Labute approximate surface area is 119 Å². The van der Waals surface area contributed by atoms with Gasteiger partial charge in [0.2, 0.25) is 5.91 Å². The van der Waals surface area contributed by atoms with Crippen LogP contribution in [0.15, 0.2) is 41.8 Å². The molecule has 0 atom stereocenters. The second kappa shape index (κ2) is 6.05. The third kappa shape index (κ3) is 3.60. The monoisotopic (exact) mass is 297 g/mol. The molecule has 1 heterocycles. The van der Waals surface area contributed by atoms with E-state index in [1.807, 2.05) is 17.5 Å². The molecule has 2 aromatic rings. The smallest absolute Gasteiger partial charge is 0.248 e. The highest BCUT2D eigenvalue weighted by Gasteiger charge is 2.03. The molecule has 0 aliphatic heterocycles. The van der Waals surface area contributed by atoms with E-state index in [0.29, 0.717) is 15.7 Å². The number of amides is 1. The third-order valence-electron chi connectivity index (χ3n) is 2.13. The maximum atomic E-state index is 11.7. The maximum Gasteiger partial charge on any atom is 0.248 e. The number of carbonyl (C=O) groups is 1. The van der Waals surface area contributed by atoms with Crippen LogP contribution in [0.5, 0.6) is 0 Å². The van der Waals surface area contributed by atoms with Crippen molar-refractivity contribution in [2.75, 3.05) is 5.32 Å². The van der Waals surface area contributed by atoms with E-state index in [9.17, 15) is 4.79 Å². The van der Waals surface area contributed by atoms with E-state index in [1.165, 1.54) is 6.08 Å². The van der Waals surface area contributed by atoms with Gasteiger partial charge in [-0.2, -0.15) is 0 Å². The van der Waals surface area contributed by atoms with E-state index in [1.54, 1.807) is 35.6 Å². The maximum absolute atomic E-state index is 11.7. The Kier molecular flexibility index (Phi) is 4.42. The Hall–Kier alpha value is -1.29. The Morgan fingerprint density at radius 1 is 1.28 bits per heavy atom. The van der Waals surface area contributed by atoms with E-state index in [0.717, 1.165) is 4.88 Å². The summed E-state index contributed by atoms with van der Waals surface area (Å²) in [7, 11) is 0. The number of nitrogens with one attached hydrogen (secondary N) is 1. The molecule has 92 valence electrons. The van der Waals surface area contributed by atoms with Gasteiger partial charge in [0.15, 0.2) is 0 Å². The van der Waals surface area contributed by atoms with Crippen molar-refractivity contribution in [2.24, 2.45) is 0 Å². The van der Waals surface area contributed by atoms with Crippen LogP contribution in [0, 0.1) is 0 Å². The van der Waals surface area contributed by atoms with Gasteiger partial charge in [-0.25, -0.2) is 0 Å². The Morgan fingerprint density at radius 2 is 2.11 bits per heavy atom. The molecule has 0 aliphatic rings. The highest BCUT2D eigenvalue weighted by molar-refractivity contribution is 7.10. The molecule has 5 heteroatoms. The second-order valence-corrected chi connectivity index (χ2v) is 5.29. The molecule has 0 fully saturated rings. The summed E-state index contributed by atoms with van der Waals surface area (Å²) in [4.78, 5) is 12.7. The van der Waals surface area contributed by atoms with Gasteiger partial charge in [-0.1, -0.05) is 29.3 Å². The van der Waals surface area contributed by atoms with Crippen LogP contribution >= 0.6 is 34.5 Å². The van der Waals surface area contributed by atoms with E-state index >= 15 is 0 Å². The molecule has 0 spiro atoms. The number of carbonyl (C=O) groups excluding carboxylic acids is 1. The number of benzene rings is 1. The second-order valence-electron chi connectivity index (χ2n) is 3.46. The standard InChI is InChI=1S/C13H9Cl2NOS/c14-9-3-5-12(11(15)8-9)16-13(17)6-4-10-2-1-7-18-10/h1-8H,(H,16,17). The van der Waals surface area contributed by atoms with Gasteiger partial charge in [0.1, 0.15) is 0 Å². The summed E-state index contributed by atoms with van der Waals surface area (Å²) >= 11 is 13.3. The highest BCUT2D eigenvalue weighted by atomic mass is 35.5. The van der Waals surface area contributed by atoms with Gasteiger partial charge in [0.25, 0.3) is 0 Å². The zero-order valence-corrected chi connectivity index (χ0v) is 11.5. The minimum absolute atomic E-state index is 0.229. The summed E-state index contributed by atoms with van der Waals surface area (Å²) in [6.07, 6.45) is 3.22.